The Labute approximate surface area is 104 Å². The number of aromatic nitrogens is 3. The fourth-order valence-electron chi connectivity index (χ4n) is 1.82. The second kappa shape index (κ2) is 4.22. The van der Waals surface area contributed by atoms with Crippen LogP contribution in [-0.4, -0.2) is 15.0 Å². The van der Waals surface area contributed by atoms with Crippen LogP contribution in [0.2, 0.25) is 0 Å². The molecule has 0 spiro atoms. The molecule has 0 N–H and O–H groups in total. The molecule has 0 aliphatic rings. The Morgan fingerprint density at radius 2 is 2.00 bits per heavy atom. The predicted molar refractivity (Wildman–Crippen MR) is 67.5 cm³/mol. The maximum absolute atomic E-state index is 9.20. The van der Waals surface area contributed by atoms with Crippen LogP contribution in [0.5, 0.6) is 0 Å². The van der Waals surface area contributed by atoms with Crippen LogP contribution in [0.3, 0.4) is 0 Å². The van der Waals surface area contributed by atoms with Gasteiger partial charge in [-0.25, -0.2) is 4.98 Å². The number of nitrogens with zero attached hydrogens (tertiary/aromatic N) is 4. The van der Waals surface area contributed by atoms with Crippen LogP contribution < -0.4 is 0 Å². The van der Waals surface area contributed by atoms with Gasteiger partial charge in [0.1, 0.15) is 17.5 Å². The number of para-hydroxylation sites is 1. The van der Waals surface area contributed by atoms with E-state index in [0.717, 1.165) is 10.9 Å². The summed E-state index contributed by atoms with van der Waals surface area (Å²) in [4.78, 5) is 12.7. The Morgan fingerprint density at radius 3 is 2.78 bits per heavy atom. The van der Waals surface area contributed by atoms with Gasteiger partial charge in [0.15, 0.2) is 0 Å². The Hall–Kier alpha value is -2.80. The van der Waals surface area contributed by atoms with E-state index in [1.165, 1.54) is 0 Å². The Morgan fingerprint density at radius 1 is 1.11 bits per heavy atom. The normalized spacial score (nSPS) is 10.2. The zero-order valence-corrected chi connectivity index (χ0v) is 9.41. The molecule has 1 aromatic carbocycles. The Bertz CT molecular complexity index is 745. The van der Waals surface area contributed by atoms with Gasteiger partial charge in [-0.15, -0.1) is 0 Å². The lowest BCUT2D eigenvalue weighted by Gasteiger charge is -2.04. The first-order valence-corrected chi connectivity index (χ1v) is 5.45. The highest BCUT2D eigenvalue weighted by atomic mass is 14.8. The molecule has 0 saturated carbocycles. The van der Waals surface area contributed by atoms with Gasteiger partial charge in [0.05, 0.1) is 17.3 Å². The highest BCUT2D eigenvalue weighted by Crippen LogP contribution is 2.22. The molecule has 0 amide bonds. The highest BCUT2D eigenvalue weighted by molar-refractivity contribution is 5.83. The molecule has 3 aromatic rings. The molecular weight excluding hydrogens is 224 g/mol. The third-order valence-corrected chi connectivity index (χ3v) is 2.65. The summed E-state index contributed by atoms with van der Waals surface area (Å²) in [6.07, 6.45) is 4.79. The quantitative estimate of drug-likeness (QED) is 0.646. The number of benzene rings is 1. The molecule has 2 heterocycles. The first kappa shape index (κ1) is 10.4. The zero-order valence-electron chi connectivity index (χ0n) is 9.41. The first-order chi connectivity index (χ1) is 8.88. The van der Waals surface area contributed by atoms with Gasteiger partial charge < -0.3 is 0 Å². The summed E-state index contributed by atoms with van der Waals surface area (Å²) in [6, 6.07) is 11.7. The van der Waals surface area contributed by atoms with Gasteiger partial charge in [0.2, 0.25) is 0 Å². The second-order valence-electron chi connectivity index (χ2n) is 3.78. The average molecular weight is 232 g/mol. The summed E-state index contributed by atoms with van der Waals surface area (Å²) < 4.78 is 0. The lowest BCUT2D eigenvalue weighted by molar-refractivity contribution is 1.18. The minimum absolute atomic E-state index is 0.509. The summed E-state index contributed by atoms with van der Waals surface area (Å²) in [5, 5.41) is 10.1. The largest absolute Gasteiger partial charge is 0.261 e. The molecule has 84 valence electrons. The molecule has 0 fully saturated rings. The summed E-state index contributed by atoms with van der Waals surface area (Å²) in [5.41, 5.74) is 2.54. The molecule has 4 nitrogen and oxygen atoms in total. The molecule has 0 bridgehead atoms. The number of pyridine rings is 1. The van der Waals surface area contributed by atoms with E-state index in [2.05, 4.69) is 21.0 Å². The van der Waals surface area contributed by atoms with Crippen LogP contribution in [0, 0.1) is 11.3 Å². The fraction of sp³-hybridized carbons (Fsp3) is 0. The summed E-state index contributed by atoms with van der Waals surface area (Å²) in [7, 11) is 0. The molecule has 0 unspecified atom stereocenters. The third kappa shape index (κ3) is 1.68. The summed E-state index contributed by atoms with van der Waals surface area (Å²) >= 11 is 0. The van der Waals surface area contributed by atoms with Crippen molar-refractivity contribution in [2.75, 3.05) is 0 Å². The maximum Gasteiger partial charge on any atom is 0.109 e. The standard InChI is InChI=1S/C14H8N4/c15-8-11-7-10-3-1-2-4-12(10)18-14(11)13-9-16-5-6-17-13/h1-7,9H. The first-order valence-electron chi connectivity index (χ1n) is 5.45. The van der Waals surface area contributed by atoms with Gasteiger partial charge in [0.25, 0.3) is 0 Å². The van der Waals surface area contributed by atoms with Crippen molar-refractivity contribution in [3.05, 3.63) is 54.5 Å². The van der Waals surface area contributed by atoms with Gasteiger partial charge in [-0.2, -0.15) is 5.26 Å². The van der Waals surface area contributed by atoms with Crippen molar-refractivity contribution in [2.24, 2.45) is 0 Å². The van der Waals surface area contributed by atoms with E-state index < -0.39 is 0 Å². The fourth-order valence-corrected chi connectivity index (χ4v) is 1.82. The molecule has 0 saturated heterocycles. The molecule has 18 heavy (non-hydrogen) atoms. The minimum atomic E-state index is 0.509. The van der Waals surface area contributed by atoms with Crippen molar-refractivity contribution < 1.29 is 0 Å². The Balaban J connectivity index is 2.32. The molecule has 0 aliphatic carbocycles. The Kier molecular flexibility index (Phi) is 2.43. The molecule has 0 radical (unpaired) electrons. The van der Waals surface area contributed by atoms with Crippen LogP contribution in [0.25, 0.3) is 22.3 Å². The van der Waals surface area contributed by atoms with E-state index in [9.17, 15) is 5.26 Å². The van der Waals surface area contributed by atoms with Crippen LogP contribution in [0.1, 0.15) is 5.56 Å². The monoisotopic (exact) mass is 232 g/mol. The van der Waals surface area contributed by atoms with E-state index >= 15 is 0 Å². The van der Waals surface area contributed by atoms with Gasteiger partial charge in [-0.3, -0.25) is 9.97 Å². The molecular formula is C14H8N4. The number of rotatable bonds is 1. The van der Waals surface area contributed by atoms with E-state index in [4.69, 9.17) is 0 Å². The lowest BCUT2D eigenvalue weighted by atomic mass is 10.1. The van der Waals surface area contributed by atoms with E-state index in [-0.39, 0.29) is 0 Å². The van der Waals surface area contributed by atoms with Crippen molar-refractivity contribution in [2.45, 2.75) is 0 Å². The highest BCUT2D eigenvalue weighted by Gasteiger charge is 2.09. The zero-order chi connectivity index (χ0) is 12.4. The van der Waals surface area contributed by atoms with Crippen molar-refractivity contribution in [1.82, 2.24) is 15.0 Å². The second-order valence-corrected chi connectivity index (χ2v) is 3.78. The van der Waals surface area contributed by atoms with Gasteiger partial charge >= 0.3 is 0 Å². The molecule has 0 atom stereocenters. The SMILES string of the molecule is N#Cc1cc2ccccc2nc1-c1cnccn1. The van der Waals surface area contributed by atoms with E-state index in [1.807, 2.05) is 30.3 Å². The van der Waals surface area contributed by atoms with E-state index in [1.54, 1.807) is 18.6 Å². The number of nitriles is 1. The van der Waals surface area contributed by atoms with Crippen LogP contribution >= 0.6 is 0 Å². The minimum Gasteiger partial charge on any atom is -0.261 e. The van der Waals surface area contributed by atoms with Crippen molar-refractivity contribution in [3.8, 4) is 17.5 Å². The van der Waals surface area contributed by atoms with Gasteiger partial charge in [0, 0.05) is 17.8 Å². The maximum atomic E-state index is 9.20. The van der Waals surface area contributed by atoms with E-state index in [0.29, 0.717) is 17.0 Å². The molecule has 2 aromatic heterocycles. The smallest absolute Gasteiger partial charge is 0.109 e. The number of hydrogen-bond donors (Lipinski definition) is 0. The summed E-state index contributed by atoms with van der Waals surface area (Å²) in [5.74, 6) is 0. The summed E-state index contributed by atoms with van der Waals surface area (Å²) in [6.45, 7) is 0. The van der Waals surface area contributed by atoms with Gasteiger partial charge in [-0.05, 0) is 12.1 Å². The topological polar surface area (TPSA) is 62.5 Å². The van der Waals surface area contributed by atoms with Crippen molar-refractivity contribution in [3.63, 3.8) is 0 Å². The third-order valence-electron chi connectivity index (χ3n) is 2.65. The average Bonchev–Trinajstić information content (AvgIpc) is 2.46. The molecule has 4 heteroatoms. The lowest BCUT2D eigenvalue weighted by Crippen LogP contribution is -1.93. The molecule has 0 aliphatic heterocycles. The van der Waals surface area contributed by atoms with Crippen molar-refractivity contribution >= 4 is 10.9 Å². The van der Waals surface area contributed by atoms with Crippen molar-refractivity contribution in [1.29, 1.82) is 5.26 Å². The predicted octanol–water partition coefficient (Wildman–Crippen LogP) is 2.56. The number of hydrogen-bond acceptors (Lipinski definition) is 4. The van der Waals surface area contributed by atoms with Crippen LogP contribution in [0.15, 0.2) is 48.9 Å². The van der Waals surface area contributed by atoms with Gasteiger partial charge in [-0.1, -0.05) is 18.2 Å². The number of fused-ring (bicyclic) bond motifs is 1. The van der Waals surface area contributed by atoms with Crippen LogP contribution in [-0.2, 0) is 0 Å². The van der Waals surface area contributed by atoms with Crippen LogP contribution in [0.4, 0.5) is 0 Å². The molecule has 3 rings (SSSR count).